The molecule has 0 radical (unpaired) electrons. The molecule has 4 aromatic rings. The van der Waals surface area contributed by atoms with E-state index in [1.165, 1.54) is 30.3 Å². The van der Waals surface area contributed by atoms with Gasteiger partial charge in [0.25, 0.3) is 15.9 Å². The molecule has 3 aromatic carbocycles. The summed E-state index contributed by atoms with van der Waals surface area (Å²) in [5, 5.41) is 2.70. The number of aromatic nitrogens is 2. The average molecular weight is 452 g/mol. The third-order valence-corrected chi connectivity index (χ3v) is 6.18. The Hall–Kier alpha value is -4.25. The van der Waals surface area contributed by atoms with Gasteiger partial charge in [-0.2, -0.15) is 0 Å². The maximum Gasteiger partial charge on any atom is 0.323 e. The zero-order chi connectivity index (χ0) is 22.3. The van der Waals surface area contributed by atoms with Crippen LogP contribution < -0.4 is 25.2 Å². The molecule has 1 amide bonds. The van der Waals surface area contributed by atoms with Gasteiger partial charge in [-0.3, -0.25) is 9.52 Å². The van der Waals surface area contributed by atoms with Crippen molar-refractivity contribution in [2.45, 2.75) is 4.90 Å². The Balaban J connectivity index is 1.36. The number of H-pyrrole nitrogens is 2. The quantitative estimate of drug-likeness (QED) is 0.367. The summed E-state index contributed by atoms with van der Waals surface area (Å²) in [5.41, 5.74) is 1.70. The summed E-state index contributed by atoms with van der Waals surface area (Å²) in [6.45, 7) is 0.0792. The number of imidazole rings is 1. The van der Waals surface area contributed by atoms with Crippen molar-refractivity contribution in [2.75, 3.05) is 16.8 Å². The second-order valence-corrected chi connectivity index (χ2v) is 8.68. The van der Waals surface area contributed by atoms with Crippen molar-refractivity contribution in [2.24, 2.45) is 0 Å². The number of benzene rings is 3. The van der Waals surface area contributed by atoms with Gasteiger partial charge in [0.1, 0.15) is 0 Å². The molecule has 1 aliphatic heterocycles. The van der Waals surface area contributed by atoms with E-state index in [0.29, 0.717) is 33.9 Å². The number of nitrogens with one attached hydrogen (secondary N) is 4. The van der Waals surface area contributed by atoms with Crippen molar-refractivity contribution in [3.05, 3.63) is 76.7 Å². The molecule has 4 N–H and O–H groups in total. The minimum Gasteiger partial charge on any atom is -0.454 e. The average Bonchev–Trinajstić information content (AvgIpc) is 3.38. The predicted octanol–water partition coefficient (Wildman–Crippen LogP) is 2.64. The third-order valence-electron chi connectivity index (χ3n) is 4.81. The van der Waals surface area contributed by atoms with Gasteiger partial charge in [0.2, 0.25) is 6.79 Å². The number of aromatic amines is 2. The highest BCUT2D eigenvalue weighted by Crippen LogP contribution is 2.34. The Morgan fingerprint density at radius 3 is 2.53 bits per heavy atom. The van der Waals surface area contributed by atoms with Crippen molar-refractivity contribution in [1.29, 1.82) is 0 Å². The lowest BCUT2D eigenvalue weighted by molar-refractivity contribution is 0.102. The minimum absolute atomic E-state index is 0.0757. The van der Waals surface area contributed by atoms with Crippen LogP contribution in [0.15, 0.2) is 70.4 Å². The highest BCUT2D eigenvalue weighted by atomic mass is 32.2. The van der Waals surface area contributed by atoms with Gasteiger partial charge in [-0.25, -0.2) is 13.2 Å². The molecule has 0 unspecified atom stereocenters. The van der Waals surface area contributed by atoms with E-state index in [9.17, 15) is 18.0 Å². The van der Waals surface area contributed by atoms with Crippen LogP contribution in [0.5, 0.6) is 11.5 Å². The molecule has 162 valence electrons. The summed E-state index contributed by atoms with van der Waals surface area (Å²) in [5.74, 6) is 0.481. The number of hydrogen-bond donors (Lipinski definition) is 4. The normalized spacial score (nSPS) is 12.6. The highest BCUT2D eigenvalue weighted by molar-refractivity contribution is 7.92. The first-order valence-electron chi connectivity index (χ1n) is 9.43. The first kappa shape index (κ1) is 19.7. The lowest BCUT2D eigenvalue weighted by atomic mass is 10.2. The summed E-state index contributed by atoms with van der Waals surface area (Å²) in [4.78, 5) is 29.2. The van der Waals surface area contributed by atoms with Crippen LogP contribution in [0.2, 0.25) is 0 Å². The van der Waals surface area contributed by atoms with Gasteiger partial charge in [-0.15, -0.1) is 0 Å². The van der Waals surface area contributed by atoms with E-state index < -0.39 is 15.9 Å². The maximum absolute atomic E-state index is 12.8. The van der Waals surface area contributed by atoms with Gasteiger partial charge >= 0.3 is 5.69 Å². The van der Waals surface area contributed by atoms with E-state index >= 15 is 0 Å². The molecule has 0 spiro atoms. The molecule has 0 atom stereocenters. The molecule has 2 heterocycles. The van der Waals surface area contributed by atoms with Crippen LogP contribution in [0.1, 0.15) is 10.4 Å². The molecular weight excluding hydrogens is 436 g/mol. The highest BCUT2D eigenvalue weighted by Gasteiger charge is 2.19. The predicted molar refractivity (Wildman–Crippen MR) is 117 cm³/mol. The van der Waals surface area contributed by atoms with Crippen molar-refractivity contribution in [1.82, 2.24) is 9.97 Å². The largest absolute Gasteiger partial charge is 0.454 e. The number of ether oxygens (including phenoxy) is 2. The zero-order valence-corrected chi connectivity index (χ0v) is 17.2. The van der Waals surface area contributed by atoms with E-state index in [4.69, 9.17) is 9.47 Å². The third kappa shape index (κ3) is 3.76. The molecule has 11 heteroatoms. The van der Waals surface area contributed by atoms with Crippen LogP contribution >= 0.6 is 0 Å². The monoisotopic (exact) mass is 452 g/mol. The molecule has 0 saturated carbocycles. The number of carbonyl (C=O) groups excluding carboxylic acids is 1. The fraction of sp³-hybridized carbons (Fsp3) is 0.0476. The van der Waals surface area contributed by atoms with Crippen molar-refractivity contribution < 1.29 is 22.7 Å². The summed E-state index contributed by atoms with van der Waals surface area (Å²) in [7, 11) is -3.96. The second kappa shape index (κ2) is 7.46. The number of amides is 1. The fourth-order valence-electron chi connectivity index (χ4n) is 3.29. The molecule has 0 fully saturated rings. The van der Waals surface area contributed by atoms with Gasteiger partial charge in [-0.05, 0) is 48.5 Å². The van der Waals surface area contributed by atoms with Gasteiger partial charge in [-0.1, -0.05) is 6.07 Å². The number of sulfonamides is 1. The van der Waals surface area contributed by atoms with Gasteiger partial charge < -0.3 is 24.8 Å². The second-order valence-electron chi connectivity index (χ2n) is 6.99. The Labute approximate surface area is 181 Å². The molecule has 0 saturated heterocycles. The Bertz CT molecular complexity index is 1520. The number of anilines is 2. The summed E-state index contributed by atoms with van der Waals surface area (Å²) in [6, 6.07) is 15.2. The number of hydrogen-bond acceptors (Lipinski definition) is 6. The van der Waals surface area contributed by atoms with Gasteiger partial charge in [0.15, 0.2) is 11.5 Å². The van der Waals surface area contributed by atoms with Crippen LogP contribution in [0, 0.1) is 0 Å². The van der Waals surface area contributed by atoms with Crippen molar-refractivity contribution in [3.63, 3.8) is 0 Å². The van der Waals surface area contributed by atoms with Gasteiger partial charge in [0.05, 0.1) is 21.6 Å². The van der Waals surface area contributed by atoms with E-state index in [1.54, 1.807) is 30.3 Å². The molecule has 5 rings (SSSR count). The van der Waals surface area contributed by atoms with E-state index in [2.05, 4.69) is 20.0 Å². The van der Waals surface area contributed by atoms with E-state index in [-0.39, 0.29) is 22.9 Å². The van der Waals surface area contributed by atoms with Crippen LogP contribution in [-0.4, -0.2) is 31.1 Å². The first-order valence-corrected chi connectivity index (χ1v) is 10.9. The topological polar surface area (TPSA) is 142 Å². The lowest BCUT2D eigenvalue weighted by Gasteiger charge is -2.10. The number of rotatable bonds is 5. The summed E-state index contributed by atoms with van der Waals surface area (Å²) >= 11 is 0. The standard InChI is InChI=1S/C21H16N4O6S/c26-20(22-13-4-6-16-17(9-13)24-21(27)23-16)12-2-1-3-15(8-12)32(28,29)25-14-5-7-18-19(10-14)31-11-30-18/h1-10,25H,11H2,(H,22,26)(H2,23,24,27). The molecule has 32 heavy (non-hydrogen) atoms. The van der Waals surface area contributed by atoms with Crippen molar-refractivity contribution in [3.8, 4) is 11.5 Å². The Kier molecular flexibility index (Phi) is 4.59. The molecule has 10 nitrogen and oxygen atoms in total. The van der Waals surface area contributed by atoms with E-state index in [1.807, 2.05) is 0 Å². The van der Waals surface area contributed by atoms with Crippen LogP contribution in [-0.2, 0) is 10.0 Å². The molecule has 0 aliphatic carbocycles. The van der Waals surface area contributed by atoms with Crippen LogP contribution in [0.4, 0.5) is 11.4 Å². The van der Waals surface area contributed by atoms with Crippen molar-refractivity contribution >= 4 is 38.3 Å². The van der Waals surface area contributed by atoms with Crippen LogP contribution in [0.25, 0.3) is 11.0 Å². The zero-order valence-electron chi connectivity index (χ0n) is 16.3. The fourth-order valence-corrected chi connectivity index (χ4v) is 4.39. The lowest BCUT2D eigenvalue weighted by Crippen LogP contribution is -2.16. The molecule has 1 aromatic heterocycles. The first-order chi connectivity index (χ1) is 15.4. The Morgan fingerprint density at radius 2 is 1.66 bits per heavy atom. The SMILES string of the molecule is O=C(Nc1ccc2[nH]c(=O)[nH]c2c1)c1cccc(S(=O)(=O)Nc2ccc3c(c2)OCO3)c1. The summed E-state index contributed by atoms with van der Waals surface area (Å²) in [6.07, 6.45) is 0. The molecular formula is C21H16N4O6S. The van der Waals surface area contributed by atoms with Crippen LogP contribution in [0.3, 0.4) is 0 Å². The maximum atomic E-state index is 12.8. The molecule has 1 aliphatic rings. The van der Waals surface area contributed by atoms with Gasteiger partial charge in [0, 0.05) is 17.3 Å². The Morgan fingerprint density at radius 1 is 0.875 bits per heavy atom. The summed E-state index contributed by atoms with van der Waals surface area (Å²) < 4.78 is 38.6. The number of carbonyl (C=O) groups is 1. The minimum atomic E-state index is -3.96. The molecule has 0 bridgehead atoms. The van der Waals surface area contributed by atoms with E-state index in [0.717, 1.165) is 0 Å². The number of fused-ring (bicyclic) bond motifs is 2. The smallest absolute Gasteiger partial charge is 0.323 e.